The van der Waals surface area contributed by atoms with E-state index < -0.39 is 40.3 Å². The minimum Gasteiger partial charge on any atom is -0.481 e. The number of nitrogens with one attached hydrogen (secondary N) is 1. The highest BCUT2D eigenvalue weighted by molar-refractivity contribution is 7.89. The van der Waals surface area contributed by atoms with E-state index in [1.165, 1.54) is 12.1 Å². The predicted octanol–water partition coefficient (Wildman–Crippen LogP) is 1.48. The zero-order valence-electron chi connectivity index (χ0n) is 10.6. The number of rotatable bonds is 7. The number of ether oxygens (including phenoxy) is 1. The molecule has 0 radical (unpaired) electrons. The molecule has 0 bridgehead atoms. The number of carbonyl (C=O) groups is 1. The summed E-state index contributed by atoms with van der Waals surface area (Å²) in [6.45, 7) is -0.158. The summed E-state index contributed by atoms with van der Waals surface area (Å²) in [5, 5.41) is 8.39. The maximum Gasteiger partial charge on any atom is 0.573 e. The predicted molar refractivity (Wildman–Crippen MR) is 66.0 cm³/mol. The Kier molecular flexibility index (Phi) is 5.55. The molecule has 0 spiro atoms. The highest BCUT2D eigenvalue weighted by Gasteiger charge is 2.30. The molecular formula is C11H12F3NO5S. The quantitative estimate of drug-likeness (QED) is 0.791. The summed E-state index contributed by atoms with van der Waals surface area (Å²) < 4.78 is 64.4. The molecule has 0 saturated carbocycles. The maximum absolute atomic E-state index is 11.9. The van der Waals surface area contributed by atoms with Crippen LogP contribution in [0.4, 0.5) is 13.2 Å². The van der Waals surface area contributed by atoms with Crippen LogP contribution in [0.3, 0.4) is 0 Å². The standard InChI is InChI=1S/C11H12F3NO5S/c12-11(13,14)20-9-3-1-8(2-4-9)7-15-21(18,19)6-5-10(16)17/h1-4,15H,5-7H2,(H,16,17). The molecule has 0 aromatic heterocycles. The van der Waals surface area contributed by atoms with Crippen LogP contribution >= 0.6 is 0 Å². The largest absolute Gasteiger partial charge is 0.573 e. The second-order valence-corrected chi connectivity index (χ2v) is 5.90. The van der Waals surface area contributed by atoms with Crippen LogP contribution in [0.25, 0.3) is 0 Å². The Bertz CT molecular complexity index is 583. The van der Waals surface area contributed by atoms with Gasteiger partial charge in [0.1, 0.15) is 5.75 Å². The van der Waals surface area contributed by atoms with Gasteiger partial charge in [0.2, 0.25) is 10.0 Å². The number of halogens is 3. The Balaban J connectivity index is 2.55. The molecule has 2 N–H and O–H groups in total. The van der Waals surface area contributed by atoms with Gasteiger partial charge in [0, 0.05) is 6.54 Å². The summed E-state index contributed by atoms with van der Waals surface area (Å²) in [5.74, 6) is -2.23. The molecule has 6 nitrogen and oxygen atoms in total. The number of alkyl halides is 3. The molecule has 0 atom stereocenters. The number of hydrogen-bond acceptors (Lipinski definition) is 4. The van der Waals surface area contributed by atoms with Crippen LogP contribution in [0.2, 0.25) is 0 Å². The molecule has 1 aromatic carbocycles. The molecule has 0 fully saturated rings. The number of sulfonamides is 1. The van der Waals surface area contributed by atoms with Gasteiger partial charge >= 0.3 is 12.3 Å². The fourth-order valence-corrected chi connectivity index (χ4v) is 2.27. The van der Waals surface area contributed by atoms with E-state index in [4.69, 9.17) is 5.11 Å². The normalized spacial score (nSPS) is 12.1. The van der Waals surface area contributed by atoms with Crippen molar-refractivity contribution in [1.82, 2.24) is 4.72 Å². The van der Waals surface area contributed by atoms with Crippen LogP contribution in [-0.4, -0.2) is 31.6 Å². The van der Waals surface area contributed by atoms with Gasteiger partial charge < -0.3 is 9.84 Å². The molecule has 1 aromatic rings. The van der Waals surface area contributed by atoms with Gasteiger partial charge in [-0.15, -0.1) is 13.2 Å². The molecule has 0 amide bonds. The van der Waals surface area contributed by atoms with Crippen LogP contribution in [0.15, 0.2) is 24.3 Å². The fourth-order valence-electron chi connectivity index (χ4n) is 1.30. The van der Waals surface area contributed by atoms with E-state index in [1.54, 1.807) is 0 Å². The molecule has 1 rings (SSSR count). The number of benzene rings is 1. The van der Waals surface area contributed by atoms with Gasteiger partial charge in [-0.05, 0) is 17.7 Å². The van der Waals surface area contributed by atoms with Gasteiger partial charge in [-0.2, -0.15) is 0 Å². The highest BCUT2D eigenvalue weighted by Crippen LogP contribution is 2.22. The van der Waals surface area contributed by atoms with Crippen molar-refractivity contribution in [2.45, 2.75) is 19.3 Å². The van der Waals surface area contributed by atoms with Crippen molar-refractivity contribution in [3.8, 4) is 5.75 Å². The average molecular weight is 327 g/mol. The summed E-state index contributed by atoms with van der Waals surface area (Å²) in [6.07, 6.45) is -5.33. The Morgan fingerprint density at radius 3 is 2.29 bits per heavy atom. The minimum atomic E-state index is -4.79. The van der Waals surface area contributed by atoms with Gasteiger partial charge in [0.05, 0.1) is 12.2 Å². The zero-order chi connectivity index (χ0) is 16.1. The summed E-state index contributed by atoms with van der Waals surface area (Å²) >= 11 is 0. The van der Waals surface area contributed by atoms with Crippen LogP contribution in [-0.2, 0) is 21.4 Å². The molecule has 0 aliphatic carbocycles. The van der Waals surface area contributed by atoms with E-state index in [1.807, 2.05) is 0 Å². The van der Waals surface area contributed by atoms with Crippen molar-refractivity contribution in [2.75, 3.05) is 5.75 Å². The third-order valence-electron chi connectivity index (χ3n) is 2.24. The molecule has 118 valence electrons. The van der Waals surface area contributed by atoms with Crippen molar-refractivity contribution in [1.29, 1.82) is 0 Å². The summed E-state index contributed by atoms with van der Waals surface area (Å²) in [6, 6.07) is 4.63. The Hall–Kier alpha value is -1.81. The molecule has 0 aliphatic rings. The second kappa shape index (κ2) is 6.76. The molecular weight excluding hydrogens is 315 g/mol. The van der Waals surface area contributed by atoms with E-state index in [0.717, 1.165) is 12.1 Å². The van der Waals surface area contributed by atoms with E-state index >= 15 is 0 Å². The lowest BCUT2D eigenvalue weighted by Crippen LogP contribution is -2.27. The molecule has 10 heteroatoms. The topological polar surface area (TPSA) is 92.7 Å². The van der Waals surface area contributed by atoms with Gasteiger partial charge in [-0.25, -0.2) is 13.1 Å². The number of hydrogen-bond donors (Lipinski definition) is 2. The second-order valence-electron chi connectivity index (χ2n) is 3.98. The third kappa shape index (κ3) is 7.51. The van der Waals surface area contributed by atoms with Gasteiger partial charge in [0.15, 0.2) is 0 Å². The minimum absolute atomic E-state index is 0.158. The molecule has 0 heterocycles. The molecule has 0 unspecified atom stereocenters. The van der Waals surface area contributed by atoms with E-state index in [9.17, 15) is 26.4 Å². The van der Waals surface area contributed by atoms with Crippen molar-refractivity contribution in [3.63, 3.8) is 0 Å². The Labute approximate surface area is 118 Å². The maximum atomic E-state index is 11.9. The van der Waals surface area contributed by atoms with Crippen LogP contribution in [0.5, 0.6) is 5.75 Å². The number of aliphatic carboxylic acids is 1. The first-order valence-electron chi connectivity index (χ1n) is 5.61. The average Bonchev–Trinajstić information content (AvgIpc) is 2.34. The molecule has 21 heavy (non-hydrogen) atoms. The SMILES string of the molecule is O=C(O)CCS(=O)(=O)NCc1ccc(OC(F)(F)F)cc1. The van der Waals surface area contributed by atoms with Crippen molar-refractivity contribution in [2.24, 2.45) is 0 Å². The monoisotopic (exact) mass is 327 g/mol. The van der Waals surface area contributed by atoms with Gasteiger partial charge in [0.25, 0.3) is 0 Å². The summed E-state index contributed by atoms with van der Waals surface area (Å²) in [4.78, 5) is 10.3. The van der Waals surface area contributed by atoms with Crippen LogP contribution < -0.4 is 9.46 Å². The fraction of sp³-hybridized carbons (Fsp3) is 0.364. The number of carboxylic acids is 1. The lowest BCUT2D eigenvalue weighted by molar-refractivity contribution is -0.274. The van der Waals surface area contributed by atoms with Crippen LogP contribution in [0, 0.1) is 0 Å². The van der Waals surface area contributed by atoms with Gasteiger partial charge in [-0.3, -0.25) is 4.79 Å². The molecule has 0 saturated heterocycles. The zero-order valence-corrected chi connectivity index (χ0v) is 11.4. The van der Waals surface area contributed by atoms with E-state index in [0.29, 0.717) is 5.56 Å². The lowest BCUT2D eigenvalue weighted by atomic mass is 10.2. The lowest BCUT2D eigenvalue weighted by Gasteiger charge is -2.09. The molecule has 0 aliphatic heterocycles. The first-order chi connectivity index (χ1) is 9.57. The summed E-state index contributed by atoms with van der Waals surface area (Å²) in [7, 11) is -3.76. The third-order valence-corrected chi connectivity index (χ3v) is 3.56. The summed E-state index contributed by atoms with van der Waals surface area (Å²) in [5.41, 5.74) is 0.406. The number of carboxylic acid groups (broad SMARTS) is 1. The van der Waals surface area contributed by atoms with Crippen molar-refractivity contribution < 1.29 is 36.2 Å². The first kappa shape index (κ1) is 17.2. The highest BCUT2D eigenvalue weighted by atomic mass is 32.2. The van der Waals surface area contributed by atoms with Crippen molar-refractivity contribution >= 4 is 16.0 Å². The van der Waals surface area contributed by atoms with Crippen molar-refractivity contribution in [3.05, 3.63) is 29.8 Å². The van der Waals surface area contributed by atoms with Gasteiger partial charge in [-0.1, -0.05) is 12.1 Å². The Morgan fingerprint density at radius 1 is 1.24 bits per heavy atom. The first-order valence-corrected chi connectivity index (χ1v) is 7.26. The van der Waals surface area contributed by atoms with E-state index in [2.05, 4.69) is 9.46 Å². The Morgan fingerprint density at radius 2 is 1.81 bits per heavy atom. The van der Waals surface area contributed by atoms with Crippen LogP contribution in [0.1, 0.15) is 12.0 Å². The smallest absolute Gasteiger partial charge is 0.481 e. The van der Waals surface area contributed by atoms with E-state index in [-0.39, 0.29) is 6.54 Å².